The number of unbranched alkanes of at least 4 members (excludes halogenated alkanes) is 3. The maximum Gasteiger partial charge on any atom is 0.410 e. The summed E-state index contributed by atoms with van der Waals surface area (Å²) in [5, 5.41) is 13.3. The van der Waals surface area contributed by atoms with Gasteiger partial charge in [-0.15, -0.1) is 0 Å². The van der Waals surface area contributed by atoms with Gasteiger partial charge in [-0.2, -0.15) is 0 Å². The Bertz CT molecular complexity index is 1510. The number of nitrogens with zero attached hydrogens (tertiary/aromatic N) is 2. The number of cyclic esters (lactones) is 1. The Morgan fingerprint density at radius 3 is 2.15 bits per heavy atom. The van der Waals surface area contributed by atoms with Crippen molar-refractivity contribution in [1.29, 1.82) is 0 Å². The molecule has 0 aromatic heterocycles. The lowest BCUT2D eigenvalue weighted by Crippen LogP contribution is -2.63. The van der Waals surface area contributed by atoms with Crippen LogP contribution in [-0.4, -0.2) is 133 Å². The van der Waals surface area contributed by atoms with Crippen LogP contribution >= 0.6 is 0 Å². The fraction of sp³-hybridized carbons (Fsp3) is 0.810. The molecule has 0 aromatic rings. The van der Waals surface area contributed by atoms with Gasteiger partial charge in [-0.1, -0.05) is 66.2 Å². The molecule has 3 fully saturated rings. The number of amides is 7. The van der Waals surface area contributed by atoms with Gasteiger partial charge in [-0.3, -0.25) is 33.6 Å². The fourth-order valence-electron chi connectivity index (χ4n) is 7.75. The van der Waals surface area contributed by atoms with Crippen molar-refractivity contribution in [1.82, 2.24) is 36.4 Å². The Balaban J connectivity index is 1.94. The van der Waals surface area contributed by atoms with Gasteiger partial charge in [0.2, 0.25) is 35.4 Å². The van der Waals surface area contributed by atoms with Gasteiger partial charge in [0.15, 0.2) is 0 Å². The van der Waals surface area contributed by atoms with Gasteiger partial charge < -0.3 is 51.6 Å². The zero-order valence-electron chi connectivity index (χ0n) is 37.1. The van der Waals surface area contributed by atoms with E-state index >= 15 is 0 Å². The van der Waals surface area contributed by atoms with Crippen molar-refractivity contribution in [2.75, 3.05) is 39.8 Å². The van der Waals surface area contributed by atoms with Crippen LogP contribution in [0.3, 0.4) is 0 Å². The van der Waals surface area contributed by atoms with Gasteiger partial charge in [0.1, 0.15) is 42.4 Å². The van der Waals surface area contributed by atoms with Crippen molar-refractivity contribution in [2.45, 2.75) is 155 Å². The average molecular weight is 849 g/mol. The van der Waals surface area contributed by atoms with E-state index in [1.807, 2.05) is 13.8 Å². The normalized spacial score (nSPS) is 26.4. The molecule has 18 heteroatoms. The third kappa shape index (κ3) is 15.2. The standard InChI is InChI=1S/C42H72N8O10/c1-9-10-11-15-18-32-26(4)40(57)49(8)31(19-25(2)3)38(55)48-34(27-16-13-12-14-17-27)39(56)46-29(20-43)37(54)47-30(36(53)45-22-33(51)59-32)21-44-35(52)28-23-50(24-28)41(58)60-42(5,6)7/h25-32,34H,9-24,43H2,1-8H3,(H,44,52)(H,45,53)(H,46,56)(H,47,54)(H,48,55)/t26-,29+,30+,31+,32+,34+/m1/s1. The van der Waals surface area contributed by atoms with E-state index in [0.717, 1.165) is 38.5 Å². The summed E-state index contributed by atoms with van der Waals surface area (Å²) in [6, 6.07) is -4.79. The Kier molecular flexibility index (Phi) is 19.5. The van der Waals surface area contributed by atoms with Gasteiger partial charge in [0.05, 0.1) is 11.8 Å². The van der Waals surface area contributed by atoms with E-state index in [1.165, 1.54) is 16.8 Å². The highest BCUT2D eigenvalue weighted by atomic mass is 16.6. The molecule has 2 heterocycles. The predicted octanol–water partition coefficient (Wildman–Crippen LogP) is 1.48. The van der Waals surface area contributed by atoms with Gasteiger partial charge >= 0.3 is 12.1 Å². The summed E-state index contributed by atoms with van der Waals surface area (Å²) in [5.74, 6) is -6.27. The number of hydrogen-bond acceptors (Lipinski definition) is 11. The SMILES string of the molecule is CCCCCC[C@@H]1OC(=O)CNC(=O)[C@H](CNC(=O)C2CN(C(=O)OC(C)(C)C)C2)NC(=O)[C@H](CN)NC(=O)[C@H](C2CCCCC2)NC(=O)[C@H](CC(C)C)N(C)C(=O)[C@@H]1C. The molecule has 0 unspecified atom stereocenters. The van der Waals surface area contributed by atoms with E-state index in [-0.39, 0.29) is 31.5 Å². The predicted molar refractivity (Wildman–Crippen MR) is 223 cm³/mol. The molecule has 3 rings (SSSR count). The summed E-state index contributed by atoms with van der Waals surface area (Å²) in [5.41, 5.74) is 5.30. The first-order valence-electron chi connectivity index (χ1n) is 21.9. The van der Waals surface area contributed by atoms with E-state index in [1.54, 1.807) is 27.7 Å². The van der Waals surface area contributed by atoms with Crippen LogP contribution in [0.25, 0.3) is 0 Å². The molecule has 3 aliphatic rings. The average Bonchev–Trinajstić information content (AvgIpc) is 3.17. The van der Waals surface area contributed by atoms with Crippen LogP contribution in [0.2, 0.25) is 0 Å². The minimum absolute atomic E-state index is 0.00940. The molecule has 7 N–H and O–H groups in total. The van der Waals surface area contributed by atoms with Crippen LogP contribution in [0.15, 0.2) is 0 Å². The molecule has 7 amide bonds. The second-order valence-electron chi connectivity index (χ2n) is 18.0. The molecule has 340 valence electrons. The highest BCUT2D eigenvalue weighted by Gasteiger charge is 2.41. The molecule has 0 aromatic carbocycles. The summed E-state index contributed by atoms with van der Waals surface area (Å²) in [6.07, 6.45) is 6.62. The molecule has 6 atom stereocenters. The first-order valence-corrected chi connectivity index (χ1v) is 21.9. The third-order valence-corrected chi connectivity index (χ3v) is 11.4. The molecule has 2 saturated heterocycles. The zero-order chi connectivity index (χ0) is 44.7. The quantitative estimate of drug-likeness (QED) is 0.121. The number of ether oxygens (including phenoxy) is 2. The molecular formula is C42H72N8O10. The third-order valence-electron chi connectivity index (χ3n) is 11.4. The molecule has 0 radical (unpaired) electrons. The molecule has 18 nitrogen and oxygen atoms in total. The van der Waals surface area contributed by atoms with Gasteiger partial charge in [0.25, 0.3) is 0 Å². The Labute approximate surface area is 355 Å². The molecule has 1 aliphatic carbocycles. The Morgan fingerprint density at radius 1 is 0.900 bits per heavy atom. The lowest BCUT2D eigenvalue weighted by Gasteiger charge is -2.38. The number of nitrogens with two attached hydrogens (primary N) is 1. The van der Waals surface area contributed by atoms with Crippen LogP contribution in [-0.2, 0) is 43.0 Å². The van der Waals surface area contributed by atoms with E-state index in [9.17, 15) is 38.4 Å². The molecule has 0 bridgehead atoms. The summed E-state index contributed by atoms with van der Waals surface area (Å²) in [4.78, 5) is 112. The molecular weight excluding hydrogens is 777 g/mol. The maximum atomic E-state index is 14.2. The number of esters is 1. The number of carbonyl (C=O) groups excluding carboxylic acids is 8. The van der Waals surface area contributed by atoms with Crippen molar-refractivity contribution in [3.8, 4) is 0 Å². The van der Waals surface area contributed by atoms with Crippen molar-refractivity contribution < 1.29 is 47.8 Å². The second kappa shape index (κ2) is 23.5. The summed E-state index contributed by atoms with van der Waals surface area (Å²) in [7, 11) is 1.54. The topological polar surface area (TPSA) is 248 Å². The Hall–Kier alpha value is -4.48. The van der Waals surface area contributed by atoms with Crippen molar-refractivity contribution >= 4 is 47.5 Å². The molecule has 60 heavy (non-hydrogen) atoms. The number of carbonyl (C=O) groups is 8. The van der Waals surface area contributed by atoms with Crippen LogP contribution in [0.1, 0.15) is 119 Å². The van der Waals surface area contributed by atoms with Gasteiger partial charge in [0, 0.05) is 33.2 Å². The van der Waals surface area contributed by atoms with E-state index in [2.05, 4.69) is 33.5 Å². The monoisotopic (exact) mass is 849 g/mol. The number of likely N-dealkylation sites (N-methyl/N-ethyl adjacent to an activating group) is 1. The molecule has 1 saturated carbocycles. The minimum Gasteiger partial charge on any atom is -0.460 e. The number of hydrogen-bond donors (Lipinski definition) is 6. The Morgan fingerprint density at radius 2 is 1.55 bits per heavy atom. The smallest absolute Gasteiger partial charge is 0.410 e. The number of rotatable bonds is 12. The minimum atomic E-state index is -1.44. The zero-order valence-corrected chi connectivity index (χ0v) is 37.1. The van der Waals surface area contributed by atoms with E-state index < -0.39 is 108 Å². The first-order chi connectivity index (χ1) is 28.3. The lowest BCUT2D eigenvalue weighted by molar-refractivity contribution is -0.157. The fourth-order valence-corrected chi connectivity index (χ4v) is 7.75. The number of likely N-dealkylation sites (tertiary alicyclic amines) is 1. The van der Waals surface area contributed by atoms with Crippen molar-refractivity contribution in [2.24, 2.45) is 29.4 Å². The highest BCUT2D eigenvalue weighted by Crippen LogP contribution is 2.28. The van der Waals surface area contributed by atoms with Crippen LogP contribution in [0, 0.1) is 23.7 Å². The van der Waals surface area contributed by atoms with Crippen molar-refractivity contribution in [3.63, 3.8) is 0 Å². The first kappa shape index (κ1) is 49.9. The molecule has 0 spiro atoms. The van der Waals surface area contributed by atoms with Crippen molar-refractivity contribution in [3.05, 3.63) is 0 Å². The maximum absolute atomic E-state index is 14.2. The van der Waals surface area contributed by atoms with E-state index in [0.29, 0.717) is 32.1 Å². The summed E-state index contributed by atoms with van der Waals surface area (Å²) >= 11 is 0. The number of nitrogens with one attached hydrogen (secondary N) is 5. The van der Waals surface area contributed by atoms with Gasteiger partial charge in [-0.05, 0) is 64.7 Å². The van der Waals surface area contributed by atoms with Crippen LogP contribution in [0.5, 0.6) is 0 Å². The second-order valence-corrected chi connectivity index (χ2v) is 18.0. The summed E-state index contributed by atoms with van der Waals surface area (Å²) < 4.78 is 11.2. The highest BCUT2D eigenvalue weighted by molar-refractivity contribution is 5.96. The van der Waals surface area contributed by atoms with Crippen LogP contribution < -0.4 is 32.3 Å². The largest absolute Gasteiger partial charge is 0.460 e. The summed E-state index contributed by atoms with van der Waals surface area (Å²) in [6.45, 7) is 11.5. The molecule has 2 aliphatic heterocycles. The van der Waals surface area contributed by atoms with Crippen LogP contribution in [0.4, 0.5) is 4.79 Å². The van der Waals surface area contributed by atoms with Gasteiger partial charge in [-0.25, -0.2) is 4.79 Å². The van der Waals surface area contributed by atoms with E-state index in [4.69, 9.17) is 15.2 Å². The lowest BCUT2D eigenvalue weighted by atomic mass is 9.83.